The SMILES string of the molecule is CC(Nc1ccccc1C(F)(F)F)c1sccc1Br. The van der Waals surface area contributed by atoms with Crippen LogP contribution >= 0.6 is 27.3 Å². The summed E-state index contributed by atoms with van der Waals surface area (Å²) in [5.41, 5.74) is -0.544. The van der Waals surface area contributed by atoms with Gasteiger partial charge in [0.25, 0.3) is 0 Å². The number of hydrogen-bond acceptors (Lipinski definition) is 2. The first kappa shape index (κ1) is 14.4. The summed E-state index contributed by atoms with van der Waals surface area (Å²) < 4.78 is 39.5. The van der Waals surface area contributed by atoms with E-state index in [9.17, 15) is 13.2 Å². The number of halogens is 4. The molecule has 0 aliphatic carbocycles. The lowest BCUT2D eigenvalue weighted by molar-refractivity contribution is -0.137. The maximum Gasteiger partial charge on any atom is 0.418 e. The van der Waals surface area contributed by atoms with E-state index in [0.29, 0.717) is 0 Å². The average molecular weight is 350 g/mol. The summed E-state index contributed by atoms with van der Waals surface area (Å²) in [5, 5.41) is 4.82. The van der Waals surface area contributed by atoms with Crippen molar-refractivity contribution in [3.8, 4) is 0 Å². The number of nitrogens with one attached hydrogen (secondary N) is 1. The molecule has 0 saturated carbocycles. The molecule has 2 aromatic rings. The van der Waals surface area contributed by atoms with Gasteiger partial charge in [0.05, 0.1) is 11.6 Å². The fourth-order valence-corrected chi connectivity index (χ4v) is 3.49. The Kier molecular flexibility index (Phi) is 4.20. The van der Waals surface area contributed by atoms with Gasteiger partial charge in [-0.15, -0.1) is 11.3 Å². The van der Waals surface area contributed by atoms with Crippen molar-refractivity contribution in [2.75, 3.05) is 5.32 Å². The van der Waals surface area contributed by atoms with E-state index in [1.165, 1.54) is 23.5 Å². The Labute approximate surface area is 121 Å². The third-order valence-electron chi connectivity index (χ3n) is 2.64. The molecule has 1 unspecified atom stereocenters. The minimum Gasteiger partial charge on any atom is -0.377 e. The zero-order valence-electron chi connectivity index (χ0n) is 9.96. The van der Waals surface area contributed by atoms with Crippen molar-refractivity contribution >= 4 is 33.0 Å². The molecule has 1 N–H and O–H groups in total. The molecule has 6 heteroatoms. The Morgan fingerprint density at radius 2 is 1.89 bits per heavy atom. The van der Waals surface area contributed by atoms with Crippen LogP contribution in [0.25, 0.3) is 0 Å². The van der Waals surface area contributed by atoms with Crippen LogP contribution in [0, 0.1) is 0 Å². The summed E-state index contributed by atoms with van der Waals surface area (Å²) in [5.74, 6) is 0. The van der Waals surface area contributed by atoms with Gasteiger partial charge in [0.1, 0.15) is 0 Å². The molecule has 0 amide bonds. The fraction of sp³-hybridized carbons (Fsp3) is 0.231. The molecule has 0 bridgehead atoms. The van der Waals surface area contributed by atoms with E-state index in [-0.39, 0.29) is 11.7 Å². The Balaban J connectivity index is 2.27. The van der Waals surface area contributed by atoms with E-state index >= 15 is 0 Å². The molecule has 19 heavy (non-hydrogen) atoms. The minimum absolute atomic E-state index is 0.0998. The predicted molar refractivity (Wildman–Crippen MR) is 75.5 cm³/mol. The van der Waals surface area contributed by atoms with Crippen molar-refractivity contribution < 1.29 is 13.2 Å². The quantitative estimate of drug-likeness (QED) is 0.748. The average Bonchev–Trinajstić information content (AvgIpc) is 2.75. The van der Waals surface area contributed by atoms with Crippen LogP contribution in [0.4, 0.5) is 18.9 Å². The Morgan fingerprint density at radius 1 is 1.21 bits per heavy atom. The normalized spacial score (nSPS) is 13.3. The molecule has 1 aromatic heterocycles. The van der Waals surface area contributed by atoms with E-state index in [1.807, 2.05) is 18.4 Å². The van der Waals surface area contributed by atoms with Gasteiger partial charge in [0.2, 0.25) is 0 Å². The van der Waals surface area contributed by atoms with Crippen LogP contribution in [-0.4, -0.2) is 0 Å². The summed E-state index contributed by atoms with van der Waals surface area (Å²) in [6.45, 7) is 1.84. The topological polar surface area (TPSA) is 12.0 Å². The van der Waals surface area contributed by atoms with Gasteiger partial charge >= 0.3 is 6.18 Å². The van der Waals surface area contributed by atoms with Crippen molar-refractivity contribution in [1.82, 2.24) is 0 Å². The summed E-state index contributed by atoms with van der Waals surface area (Å²) in [6, 6.07) is 7.19. The van der Waals surface area contributed by atoms with Crippen LogP contribution in [-0.2, 0) is 6.18 Å². The lowest BCUT2D eigenvalue weighted by Crippen LogP contribution is -2.13. The summed E-state index contributed by atoms with van der Waals surface area (Å²) >= 11 is 4.89. The number of benzene rings is 1. The number of para-hydroxylation sites is 1. The fourth-order valence-electron chi connectivity index (χ4n) is 1.77. The Morgan fingerprint density at radius 3 is 2.47 bits per heavy atom. The maximum absolute atomic E-state index is 12.9. The second-order valence-electron chi connectivity index (χ2n) is 4.04. The van der Waals surface area contributed by atoms with Crippen LogP contribution in [0.2, 0.25) is 0 Å². The van der Waals surface area contributed by atoms with Crippen LogP contribution in [0.15, 0.2) is 40.2 Å². The van der Waals surface area contributed by atoms with Crippen molar-refractivity contribution in [2.24, 2.45) is 0 Å². The lowest BCUT2D eigenvalue weighted by atomic mass is 10.1. The Bertz CT molecular complexity index is 565. The highest BCUT2D eigenvalue weighted by Crippen LogP contribution is 2.37. The van der Waals surface area contributed by atoms with E-state index in [1.54, 1.807) is 6.07 Å². The largest absolute Gasteiger partial charge is 0.418 e. The zero-order chi connectivity index (χ0) is 14.0. The van der Waals surface area contributed by atoms with Gasteiger partial charge in [0, 0.05) is 15.0 Å². The smallest absolute Gasteiger partial charge is 0.377 e. The maximum atomic E-state index is 12.9. The molecule has 1 aromatic carbocycles. The minimum atomic E-state index is -4.35. The second-order valence-corrected chi connectivity index (χ2v) is 5.84. The van der Waals surface area contributed by atoms with E-state index in [2.05, 4.69) is 21.2 Å². The van der Waals surface area contributed by atoms with Crippen molar-refractivity contribution in [2.45, 2.75) is 19.1 Å². The molecule has 102 valence electrons. The highest BCUT2D eigenvalue weighted by Gasteiger charge is 2.33. The number of thiophene rings is 1. The van der Waals surface area contributed by atoms with Crippen LogP contribution in [0.3, 0.4) is 0 Å². The van der Waals surface area contributed by atoms with E-state index < -0.39 is 11.7 Å². The molecular formula is C13H11BrF3NS. The molecular weight excluding hydrogens is 339 g/mol. The molecule has 0 aliphatic heterocycles. The monoisotopic (exact) mass is 349 g/mol. The van der Waals surface area contributed by atoms with Gasteiger partial charge in [-0.25, -0.2) is 0 Å². The number of rotatable bonds is 3. The van der Waals surface area contributed by atoms with Gasteiger partial charge in [-0.05, 0) is 46.4 Å². The van der Waals surface area contributed by atoms with Crippen LogP contribution in [0.5, 0.6) is 0 Å². The van der Waals surface area contributed by atoms with Gasteiger partial charge in [-0.1, -0.05) is 12.1 Å². The molecule has 2 rings (SSSR count). The highest BCUT2D eigenvalue weighted by molar-refractivity contribution is 9.10. The second kappa shape index (κ2) is 5.54. The number of alkyl halides is 3. The molecule has 1 heterocycles. The number of hydrogen-bond donors (Lipinski definition) is 1. The molecule has 1 atom stereocenters. The molecule has 0 aliphatic rings. The zero-order valence-corrected chi connectivity index (χ0v) is 12.4. The molecule has 0 saturated heterocycles. The van der Waals surface area contributed by atoms with Crippen LogP contribution < -0.4 is 5.32 Å². The number of anilines is 1. The third kappa shape index (κ3) is 3.30. The highest BCUT2D eigenvalue weighted by atomic mass is 79.9. The molecule has 0 fully saturated rings. The first-order chi connectivity index (χ1) is 8.89. The van der Waals surface area contributed by atoms with Gasteiger partial charge in [-0.2, -0.15) is 13.2 Å². The van der Waals surface area contributed by atoms with Crippen molar-refractivity contribution in [1.29, 1.82) is 0 Å². The third-order valence-corrected chi connectivity index (χ3v) is 4.70. The lowest BCUT2D eigenvalue weighted by Gasteiger charge is -2.19. The van der Waals surface area contributed by atoms with Crippen molar-refractivity contribution in [3.05, 3.63) is 50.6 Å². The van der Waals surface area contributed by atoms with Gasteiger partial charge in [0.15, 0.2) is 0 Å². The standard InChI is InChI=1S/C13H11BrF3NS/c1-8(12-10(14)6-7-19-12)18-11-5-3-2-4-9(11)13(15,16)17/h2-8,18H,1H3. The van der Waals surface area contributed by atoms with Crippen molar-refractivity contribution in [3.63, 3.8) is 0 Å². The summed E-state index contributed by atoms with van der Waals surface area (Å²) in [4.78, 5) is 0.969. The Hall–Kier alpha value is -1.01. The van der Waals surface area contributed by atoms with Gasteiger partial charge in [-0.3, -0.25) is 0 Å². The molecule has 0 radical (unpaired) electrons. The summed E-state index contributed by atoms with van der Waals surface area (Å²) in [6.07, 6.45) is -4.35. The van der Waals surface area contributed by atoms with E-state index in [4.69, 9.17) is 0 Å². The molecule has 1 nitrogen and oxygen atoms in total. The van der Waals surface area contributed by atoms with Crippen LogP contribution in [0.1, 0.15) is 23.4 Å². The first-order valence-electron chi connectivity index (χ1n) is 5.55. The molecule has 0 spiro atoms. The predicted octanol–water partition coefficient (Wildman–Crippen LogP) is 5.70. The first-order valence-corrected chi connectivity index (χ1v) is 7.22. The van der Waals surface area contributed by atoms with Gasteiger partial charge < -0.3 is 5.32 Å². The summed E-state index contributed by atoms with van der Waals surface area (Å²) in [7, 11) is 0. The van der Waals surface area contributed by atoms with E-state index in [0.717, 1.165) is 15.4 Å².